The normalized spacial score (nSPS) is 12.0. The lowest BCUT2D eigenvalue weighted by molar-refractivity contribution is 0.0822. The molecule has 110 valence electrons. The lowest BCUT2D eigenvalue weighted by atomic mass is 10.1. The summed E-state index contributed by atoms with van der Waals surface area (Å²) in [5.41, 5.74) is 0.647. The second-order valence-corrected chi connectivity index (χ2v) is 6.24. The largest absolute Gasteiger partial charge is 0.483 e. The maximum Gasteiger partial charge on any atom is 0.212 e. The molecule has 1 heterocycles. The van der Waals surface area contributed by atoms with E-state index < -0.39 is 6.10 Å². The topological polar surface area (TPSA) is 43.4 Å². The van der Waals surface area contributed by atoms with Crippen molar-refractivity contribution in [2.24, 2.45) is 0 Å². The third-order valence-electron chi connectivity index (χ3n) is 3.00. The number of halogens is 1. The van der Waals surface area contributed by atoms with E-state index in [1.165, 1.54) is 11.3 Å². The van der Waals surface area contributed by atoms with Crippen molar-refractivity contribution in [2.75, 3.05) is 0 Å². The first-order chi connectivity index (χ1) is 10.0. The van der Waals surface area contributed by atoms with Gasteiger partial charge >= 0.3 is 0 Å². The van der Waals surface area contributed by atoms with Crippen LogP contribution < -0.4 is 4.74 Å². The summed E-state index contributed by atoms with van der Waals surface area (Å²) in [7, 11) is 0. The van der Waals surface area contributed by atoms with E-state index in [0.29, 0.717) is 26.9 Å². The highest BCUT2D eigenvalue weighted by Crippen LogP contribution is 2.24. The summed E-state index contributed by atoms with van der Waals surface area (Å²) in [6, 6.07) is 10.2. The van der Waals surface area contributed by atoms with Crippen LogP contribution in [0, 0.1) is 0 Å². The summed E-state index contributed by atoms with van der Waals surface area (Å²) in [6.07, 6.45) is -0.138. The maximum atomic E-state index is 12.2. The van der Waals surface area contributed by atoms with Gasteiger partial charge in [-0.2, -0.15) is 0 Å². The molecule has 5 heteroatoms. The Morgan fingerprint density at radius 2 is 1.86 bits per heavy atom. The molecule has 1 atom stereocenters. The Morgan fingerprint density at radius 1 is 1.19 bits per heavy atom. The zero-order valence-corrected chi connectivity index (χ0v) is 13.3. The van der Waals surface area contributed by atoms with Gasteiger partial charge in [0.25, 0.3) is 0 Å². The van der Waals surface area contributed by atoms with Gasteiger partial charge in [0.15, 0.2) is 11.9 Å². The van der Waals surface area contributed by atoms with Gasteiger partial charge in [-0.15, -0.1) is 11.3 Å². The zero-order chi connectivity index (χ0) is 15.4. The van der Waals surface area contributed by atoms with Crippen molar-refractivity contribution in [3.63, 3.8) is 0 Å². The molecule has 0 radical (unpaired) electrons. The minimum Gasteiger partial charge on any atom is -0.483 e. The molecule has 2 rings (SSSR count). The Kier molecular flexibility index (Phi) is 5.15. The van der Waals surface area contributed by atoms with E-state index >= 15 is 0 Å². The van der Waals surface area contributed by atoms with Gasteiger partial charge in [-0.25, -0.2) is 0 Å². The molecule has 0 saturated heterocycles. The van der Waals surface area contributed by atoms with Crippen molar-refractivity contribution in [3.05, 3.63) is 51.2 Å². The van der Waals surface area contributed by atoms with Crippen LogP contribution in [0.1, 0.15) is 40.3 Å². The van der Waals surface area contributed by atoms with Gasteiger partial charge in [-0.05, 0) is 43.3 Å². The minimum atomic E-state index is -0.604. The Bertz CT molecular complexity index is 646. The third-order valence-corrected chi connectivity index (χ3v) is 4.24. The predicted molar refractivity (Wildman–Crippen MR) is 84.8 cm³/mol. The van der Waals surface area contributed by atoms with Gasteiger partial charge in [0, 0.05) is 12.0 Å². The monoisotopic (exact) mass is 322 g/mol. The molecule has 1 aromatic carbocycles. The molecule has 1 aromatic heterocycles. The number of rotatable bonds is 6. The highest BCUT2D eigenvalue weighted by molar-refractivity contribution is 7.18. The van der Waals surface area contributed by atoms with Crippen LogP contribution in [0.15, 0.2) is 36.4 Å². The van der Waals surface area contributed by atoms with Crippen LogP contribution in [0.5, 0.6) is 5.75 Å². The lowest BCUT2D eigenvalue weighted by Gasteiger charge is -2.13. The molecule has 0 spiro atoms. The molecule has 0 aliphatic rings. The van der Waals surface area contributed by atoms with E-state index in [0.717, 1.165) is 0 Å². The molecular formula is C16H15ClO3S. The third kappa shape index (κ3) is 3.93. The average Bonchev–Trinajstić information content (AvgIpc) is 2.93. The Morgan fingerprint density at radius 3 is 2.38 bits per heavy atom. The van der Waals surface area contributed by atoms with Gasteiger partial charge < -0.3 is 4.74 Å². The van der Waals surface area contributed by atoms with E-state index in [4.69, 9.17) is 16.3 Å². The van der Waals surface area contributed by atoms with Crippen molar-refractivity contribution in [3.8, 4) is 5.75 Å². The summed E-state index contributed by atoms with van der Waals surface area (Å²) in [5.74, 6) is 0.533. The van der Waals surface area contributed by atoms with Crippen LogP contribution in [-0.4, -0.2) is 17.7 Å². The molecule has 0 bridgehead atoms. The van der Waals surface area contributed by atoms with E-state index in [2.05, 4.69) is 0 Å². The molecule has 0 fully saturated rings. The Labute approximate surface area is 132 Å². The van der Waals surface area contributed by atoms with Gasteiger partial charge in [0.05, 0.1) is 9.21 Å². The molecular weight excluding hydrogens is 308 g/mol. The highest BCUT2D eigenvalue weighted by atomic mass is 35.5. The summed E-state index contributed by atoms with van der Waals surface area (Å²) >= 11 is 7.06. The van der Waals surface area contributed by atoms with Crippen LogP contribution in [0.4, 0.5) is 0 Å². The number of ketones is 2. The molecule has 0 N–H and O–H groups in total. The van der Waals surface area contributed by atoms with Gasteiger partial charge in [-0.1, -0.05) is 18.5 Å². The van der Waals surface area contributed by atoms with Crippen molar-refractivity contribution >= 4 is 34.5 Å². The molecule has 0 aliphatic heterocycles. The number of thiophene rings is 1. The van der Waals surface area contributed by atoms with E-state index in [1.54, 1.807) is 43.3 Å². The fraction of sp³-hybridized carbons (Fsp3) is 0.250. The summed E-state index contributed by atoms with van der Waals surface area (Å²) in [4.78, 5) is 24.3. The van der Waals surface area contributed by atoms with E-state index in [1.807, 2.05) is 6.92 Å². The Hall–Kier alpha value is -1.65. The summed E-state index contributed by atoms with van der Waals surface area (Å²) < 4.78 is 6.19. The van der Waals surface area contributed by atoms with Crippen LogP contribution >= 0.6 is 22.9 Å². The molecule has 3 nitrogen and oxygen atoms in total. The second-order valence-electron chi connectivity index (χ2n) is 4.53. The number of hydrogen-bond donors (Lipinski definition) is 0. The van der Waals surface area contributed by atoms with Gasteiger partial charge in [-0.3, -0.25) is 9.59 Å². The first-order valence-corrected chi connectivity index (χ1v) is 7.80. The highest BCUT2D eigenvalue weighted by Gasteiger charge is 2.18. The fourth-order valence-corrected chi connectivity index (χ4v) is 2.89. The van der Waals surface area contributed by atoms with Gasteiger partial charge in [0.1, 0.15) is 5.75 Å². The van der Waals surface area contributed by atoms with Crippen molar-refractivity contribution in [1.82, 2.24) is 0 Å². The van der Waals surface area contributed by atoms with Crippen molar-refractivity contribution in [1.29, 1.82) is 0 Å². The number of benzene rings is 1. The van der Waals surface area contributed by atoms with Crippen molar-refractivity contribution < 1.29 is 14.3 Å². The van der Waals surface area contributed by atoms with Crippen LogP contribution in [0.2, 0.25) is 4.34 Å². The predicted octanol–water partition coefficient (Wildman–Crippen LogP) is 4.64. The second kappa shape index (κ2) is 6.87. The first kappa shape index (κ1) is 15.7. The van der Waals surface area contributed by atoms with Gasteiger partial charge in [0.2, 0.25) is 5.78 Å². The lowest BCUT2D eigenvalue weighted by Crippen LogP contribution is -2.23. The number of Topliss-reactive ketones (excluding diaryl/α,β-unsaturated/α-hetero) is 2. The number of carbonyl (C=O) groups is 2. The van der Waals surface area contributed by atoms with Crippen LogP contribution in [0.25, 0.3) is 0 Å². The molecule has 1 unspecified atom stereocenters. The zero-order valence-electron chi connectivity index (χ0n) is 11.8. The number of ether oxygens (including phenoxy) is 1. The molecule has 21 heavy (non-hydrogen) atoms. The van der Waals surface area contributed by atoms with E-state index in [-0.39, 0.29) is 11.6 Å². The van der Waals surface area contributed by atoms with Crippen LogP contribution in [0.3, 0.4) is 0 Å². The average molecular weight is 323 g/mol. The number of hydrogen-bond acceptors (Lipinski definition) is 4. The minimum absolute atomic E-state index is 0.0823. The smallest absolute Gasteiger partial charge is 0.212 e. The van der Waals surface area contributed by atoms with Crippen LogP contribution in [-0.2, 0) is 0 Å². The number of carbonyl (C=O) groups excluding carboxylic acids is 2. The maximum absolute atomic E-state index is 12.2. The fourth-order valence-electron chi connectivity index (χ4n) is 1.83. The summed E-state index contributed by atoms with van der Waals surface area (Å²) in [6.45, 7) is 3.51. The molecule has 0 aliphatic carbocycles. The summed E-state index contributed by atoms with van der Waals surface area (Å²) in [5, 5.41) is 0. The van der Waals surface area contributed by atoms with E-state index in [9.17, 15) is 9.59 Å². The Balaban J connectivity index is 2.04. The first-order valence-electron chi connectivity index (χ1n) is 6.60. The SMILES string of the molecule is CCC(=O)c1ccc(OC(C)C(=O)c2ccc(Cl)s2)cc1. The molecule has 2 aromatic rings. The molecule has 0 amide bonds. The standard InChI is InChI=1S/C16H15ClO3S/c1-3-13(18)11-4-6-12(7-5-11)20-10(2)16(19)14-8-9-15(17)21-14/h4-10H,3H2,1-2H3. The quantitative estimate of drug-likeness (QED) is 0.727. The molecule has 0 saturated carbocycles. The van der Waals surface area contributed by atoms with Crippen molar-refractivity contribution in [2.45, 2.75) is 26.4 Å².